The van der Waals surface area contributed by atoms with E-state index in [1.54, 1.807) is 0 Å². The lowest BCUT2D eigenvalue weighted by Crippen LogP contribution is -2.43. The van der Waals surface area contributed by atoms with Crippen molar-refractivity contribution in [3.63, 3.8) is 0 Å². The van der Waals surface area contributed by atoms with Crippen molar-refractivity contribution in [3.05, 3.63) is 0 Å². The van der Waals surface area contributed by atoms with E-state index in [-0.39, 0.29) is 5.92 Å². The Labute approximate surface area is 86.9 Å². The standard InChI is InChI=1S/C11H22N2O/c1-3-8-13(4-2)11(14)10-6-5-7-12-9-10/h10,12H,3-9H2,1-2H3/t10-/m0/s1. The van der Waals surface area contributed by atoms with Gasteiger partial charge in [-0.25, -0.2) is 0 Å². The zero-order chi connectivity index (χ0) is 10.4. The fraction of sp³-hybridized carbons (Fsp3) is 0.909. The zero-order valence-electron chi connectivity index (χ0n) is 9.38. The Hall–Kier alpha value is -0.570. The van der Waals surface area contributed by atoms with Crippen LogP contribution >= 0.6 is 0 Å². The number of nitrogens with one attached hydrogen (secondary N) is 1. The van der Waals surface area contributed by atoms with Crippen molar-refractivity contribution in [2.45, 2.75) is 33.1 Å². The van der Waals surface area contributed by atoms with Gasteiger partial charge in [-0.3, -0.25) is 4.79 Å². The summed E-state index contributed by atoms with van der Waals surface area (Å²) in [7, 11) is 0. The maximum absolute atomic E-state index is 12.0. The first-order valence-corrected chi connectivity index (χ1v) is 5.79. The maximum atomic E-state index is 12.0. The molecule has 0 unspecified atom stereocenters. The van der Waals surface area contributed by atoms with E-state index in [1.165, 1.54) is 0 Å². The molecule has 0 saturated carbocycles. The topological polar surface area (TPSA) is 32.3 Å². The largest absolute Gasteiger partial charge is 0.343 e. The quantitative estimate of drug-likeness (QED) is 0.737. The Morgan fingerprint density at radius 3 is 2.79 bits per heavy atom. The van der Waals surface area contributed by atoms with Crippen molar-refractivity contribution >= 4 is 5.91 Å². The molecule has 1 N–H and O–H groups in total. The van der Waals surface area contributed by atoms with Crippen LogP contribution in [0.3, 0.4) is 0 Å². The molecule has 0 aromatic rings. The molecule has 1 aliphatic heterocycles. The Balaban J connectivity index is 2.43. The summed E-state index contributed by atoms with van der Waals surface area (Å²) in [6, 6.07) is 0. The molecular weight excluding hydrogens is 176 g/mol. The van der Waals surface area contributed by atoms with Crippen LogP contribution in [0.5, 0.6) is 0 Å². The third kappa shape index (κ3) is 2.98. The van der Waals surface area contributed by atoms with Crippen molar-refractivity contribution in [1.82, 2.24) is 10.2 Å². The molecule has 0 aliphatic carbocycles. The number of rotatable bonds is 4. The molecule has 14 heavy (non-hydrogen) atoms. The molecule has 1 aliphatic rings. The maximum Gasteiger partial charge on any atom is 0.226 e. The van der Waals surface area contributed by atoms with Crippen LogP contribution in [0.1, 0.15) is 33.1 Å². The first-order valence-electron chi connectivity index (χ1n) is 5.79. The Morgan fingerprint density at radius 2 is 2.29 bits per heavy atom. The SMILES string of the molecule is CCCN(CC)C(=O)[C@H]1CCCNC1. The van der Waals surface area contributed by atoms with E-state index in [0.29, 0.717) is 5.91 Å². The summed E-state index contributed by atoms with van der Waals surface area (Å²) >= 11 is 0. The second-order valence-corrected chi connectivity index (χ2v) is 3.96. The number of amides is 1. The molecule has 0 bridgehead atoms. The van der Waals surface area contributed by atoms with Crippen molar-refractivity contribution in [2.24, 2.45) is 5.92 Å². The third-order valence-electron chi connectivity index (χ3n) is 2.83. The van der Waals surface area contributed by atoms with Crippen LogP contribution in [0.25, 0.3) is 0 Å². The van der Waals surface area contributed by atoms with E-state index in [2.05, 4.69) is 19.2 Å². The number of piperidine rings is 1. The second-order valence-electron chi connectivity index (χ2n) is 3.96. The Morgan fingerprint density at radius 1 is 1.50 bits per heavy atom. The molecule has 0 aromatic carbocycles. The van der Waals surface area contributed by atoms with Gasteiger partial charge in [0.2, 0.25) is 5.91 Å². The molecule has 3 heteroatoms. The smallest absolute Gasteiger partial charge is 0.226 e. The first-order chi connectivity index (χ1) is 6.79. The minimum absolute atomic E-state index is 0.232. The molecule has 1 rings (SSSR count). The van der Waals surface area contributed by atoms with Crippen molar-refractivity contribution in [2.75, 3.05) is 26.2 Å². The van der Waals surface area contributed by atoms with Gasteiger partial charge in [-0.2, -0.15) is 0 Å². The van der Waals surface area contributed by atoms with Gasteiger partial charge < -0.3 is 10.2 Å². The average Bonchev–Trinajstić information content (AvgIpc) is 2.26. The second kappa shape index (κ2) is 6.02. The highest BCUT2D eigenvalue weighted by molar-refractivity contribution is 5.79. The minimum atomic E-state index is 0.232. The molecule has 1 atom stereocenters. The van der Waals surface area contributed by atoms with Crippen LogP contribution in [-0.4, -0.2) is 37.0 Å². The molecule has 1 amide bonds. The minimum Gasteiger partial charge on any atom is -0.343 e. The van der Waals surface area contributed by atoms with Gasteiger partial charge in [0.15, 0.2) is 0 Å². The lowest BCUT2D eigenvalue weighted by molar-refractivity contribution is -0.135. The number of hydrogen-bond acceptors (Lipinski definition) is 2. The molecule has 3 nitrogen and oxygen atoms in total. The van der Waals surface area contributed by atoms with Crippen LogP contribution in [-0.2, 0) is 4.79 Å². The van der Waals surface area contributed by atoms with Gasteiger partial charge in [0.1, 0.15) is 0 Å². The lowest BCUT2D eigenvalue weighted by Gasteiger charge is -2.28. The lowest BCUT2D eigenvalue weighted by atomic mass is 9.98. The highest BCUT2D eigenvalue weighted by Crippen LogP contribution is 2.13. The van der Waals surface area contributed by atoms with Gasteiger partial charge in [0, 0.05) is 19.6 Å². The van der Waals surface area contributed by atoms with Crippen molar-refractivity contribution in [3.8, 4) is 0 Å². The van der Waals surface area contributed by atoms with E-state index in [9.17, 15) is 4.79 Å². The summed E-state index contributed by atoms with van der Waals surface area (Å²) in [5, 5.41) is 3.29. The zero-order valence-corrected chi connectivity index (χ0v) is 9.38. The van der Waals surface area contributed by atoms with Crippen molar-refractivity contribution in [1.29, 1.82) is 0 Å². The molecular formula is C11H22N2O. The van der Waals surface area contributed by atoms with Gasteiger partial charge in [-0.1, -0.05) is 6.92 Å². The number of nitrogens with zero attached hydrogens (tertiary/aromatic N) is 1. The predicted molar refractivity (Wildman–Crippen MR) is 58.1 cm³/mol. The van der Waals surface area contributed by atoms with Crippen LogP contribution in [0.2, 0.25) is 0 Å². The molecule has 0 spiro atoms. The summed E-state index contributed by atoms with van der Waals surface area (Å²) in [4.78, 5) is 14.0. The van der Waals surface area contributed by atoms with Crippen LogP contribution < -0.4 is 5.32 Å². The highest BCUT2D eigenvalue weighted by Gasteiger charge is 2.24. The number of carbonyl (C=O) groups is 1. The van der Waals surface area contributed by atoms with Crippen LogP contribution in [0.4, 0.5) is 0 Å². The van der Waals surface area contributed by atoms with Gasteiger partial charge >= 0.3 is 0 Å². The fourth-order valence-corrected chi connectivity index (χ4v) is 2.01. The van der Waals surface area contributed by atoms with E-state index >= 15 is 0 Å². The summed E-state index contributed by atoms with van der Waals surface area (Å²) in [6.07, 6.45) is 3.26. The molecule has 1 saturated heterocycles. The van der Waals surface area contributed by atoms with E-state index < -0.39 is 0 Å². The molecule has 82 valence electrons. The Kier molecular flexibility index (Phi) is 4.94. The van der Waals surface area contributed by atoms with Gasteiger partial charge in [0.25, 0.3) is 0 Å². The van der Waals surface area contributed by atoms with Gasteiger partial charge in [-0.15, -0.1) is 0 Å². The molecule has 1 fully saturated rings. The highest BCUT2D eigenvalue weighted by atomic mass is 16.2. The predicted octanol–water partition coefficient (Wildman–Crippen LogP) is 1.24. The third-order valence-corrected chi connectivity index (χ3v) is 2.83. The van der Waals surface area contributed by atoms with Gasteiger partial charge in [-0.05, 0) is 32.7 Å². The normalized spacial score (nSPS) is 22.0. The summed E-state index contributed by atoms with van der Waals surface area (Å²) in [6.45, 7) is 7.89. The van der Waals surface area contributed by atoms with Crippen LogP contribution in [0.15, 0.2) is 0 Å². The van der Waals surface area contributed by atoms with Gasteiger partial charge in [0.05, 0.1) is 5.92 Å². The summed E-state index contributed by atoms with van der Waals surface area (Å²) in [5.41, 5.74) is 0. The van der Waals surface area contributed by atoms with E-state index in [4.69, 9.17) is 0 Å². The molecule has 0 aromatic heterocycles. The first kappa shape index (κ1) is 11.5. The molecule has 0 radical (unpaired) electrons. The summed E-state index contributed by atoms with van der Waals surface area (Å²) in [5.74, 6) is 0.580. The monoisotopic (exact) mass is 198 g/mol. The van der Waals surface area contributed by atoms with E-state index in [1.807, 2.05) is 4.90 Å². The van der Waals surface area contributed by atoms with E-state index in [0.717, 1.165) is 45.4 Å². The Bertz CT molecular complexity index is 169. The van der Waals surface area contributed by atoms with Crippen LogP contribution in [0, 0.1) is 5.92 Å². The summed E-state index contributed by atoms with van der Waals surface area (Å²) < 4.78 is 0. The average molecular weight is 198 g/mol. The number of carbonyl (C=O) groups excluding carboxylic acids is 1. The number of hydrogen-bond donors (Lipinski definition) is 1. The fourth-order valence-electron chi connectivity index (χ4n) is 2.01. The van der Waals surface area contributed by atoms with Crippen molar-refractivity contribution < 1.29 is 4.79 Å². The molecule has 1 heterocycles.